The Morgan fingerprint density at radius 2 is 1.90 bits per heavy atom. The van der Waals surface area contributed by atoms with Gasteiger partial charge in [0, 0.05) is 6.04 Å². The zero-order valence-electron chi connectivity index (χ0n) is 13.1. The number of nitrogens with zero attached hydrogens (tertiary/aromatic N) is 1. The second kappa shape index (κ2) is 8.05. The molecule has 1 N–H and O–H groups in total. The van der Waals surface area contributed by atoms with Gasteiger partial charge in [0.2, 0.25) is 0 Å². The van der Waals surface area contributed by atoms with E-state index in [0.717, 1.165) is 18.4 Å². The Morgan fingerprint density at radius 1 is 1.25 bits per heavy atom. The number of rotatable bonds is 8. The molecular formula is C17H27NO2. The third-order valence-corrected chi connectivity index (χ3v) is 3.97. The van der Waals surface area contributed by atoms with Gasteiger partial charge in [0.15, 0.2) is 0 Å². The zero-order chi connectivity index (χ0) is 15.1. The highest BCUT2D eigenvalue weighted by Crippen LogP contribution is 2.34. The summed E-state index contributed by atoms with van der Waals surface area (Å²) in [5.74, 6) is -0.344. The molecule has 0 heterocycles. The molecule has 1 aromatic carbocycles. The van der Waals surface area contributed by atoms with Crippen LogP contribution in [0.1, 0.15) is 61.5 Å². The number of carbonyl (C=O) groups is 1. The van der Waals surface area contributed by atoms with Crippen LogP contribution in [0.2, 0.25) is 0 Å². The lowest BCUT2D eigenvalue weighted by Gasteiger charge is -2.33. The van der Waals surface area contributed by atoms with Crippen LogP contribution in [-0.4, -0.2) is 30.1 Å². The van der Waals surface area contributed by atoms with Gasteiger partial charge < -0.3 is 10.0 Å². The summed E-state index contributed by atoms with van der Waals surface area (Å²) in [6.07, 6.45) is 4.58. The molecule has 20 heavy (non-hydrogen) atoms. The Kier molecular flexibility index (Phi) is 6.73. The van der Waals surface area contributed by atoms with Gasteiger partial charge in [0.25, 0.3) is 0 Å². The molecule has 0 bridgehead atoms. The summed E-state index contributed by atoms with van der Waals surface area (Å²) in [5, 5.41) is 9.41. The maximum Gasteiger partial charge on any atom is 0.336 e. The molecule has 0 aliphatic heterocycles. The fourth-order valence-electron chi connectivity index (χ4n) is 2.95. The number of unbranched alkanes of at least 4 members (excludes halogenated alkanes) is 1. The number of aromatic carboxylic acids is 1. The van der Waals surface area contributed by atoms with E-state index in [1.807, 2.05) is 26.2 Å². The van der Waals surface area contributed by atoms with Gasteiger partial charge in [-0.1, -0.05) is 51.3 Å². The fourth-order valence-corrected chi connectivity index (χ4v) is 2.95. The molecular weight excluding hydrogens is 250 g/mol. The SMILES string of the molecule is CCCCC(CC)C(c1ccccc1C(=O)O)N(C)C. The van der Waals surface area contributed by atoms with Gasteiger partial charge in [-0.2, -0.15) is 0 Å². The maximum absolute atomic E-state index is 11.5. The van der Waals surface area contributed by atoms with Crippen molar-refractivity contribution in [3.63, 3.8) is 0 Å². The molecule has 0 aliphatic carbocycles. The molecule has 0 saturated carbocycles. The average molecular weight is 277 g/mol. The molecule has 0 amide bonds. The average Bonchev–Trinajstić information content (AvgIpc) is 2.42. The molecule has 0 radical (unpaired) electrons. The summed E-state index contributed by atoms with van der Waals surface area (Å²) in [5.41, 5.74) is 1.37. The van der Waals surface area contributed by atoms with E-state index in [-0.39, 0.29) is 6.04 Å². The van der Waals surface area contributed by atoms with E-state index < -0.39 is 5.97 Å². The first-order valence-electron chi connectivity index (χ1n) is 7.51. The topological polar surface area (TPSA) is 40.5 Å². The Balaban J connectivity index is 3.16. The Bertz CT molecular complexity index is 429. The highest BCUT2D eigenvalue weighted by atomic mass is 16.4. The van der Waals surface area contributed by atoms with Crippen molar-refractivity contribution in [2.24, 2.45) is 5.92 Å². The molecule has 112 valence electrons. The molecule has 1 rings (SSSR count). The monoisotopic (exact) mass is 277 g/mol. The minimum Gasteiger partial charge on any atom is -0.478 e. The van der Waals surface area contributed by atoms with Crippen LogP contribution in [0, 0.1) is 5.92 Å². The van der Waals surface area contributed by atoms with Crippen LogP contribution in [0.3, 0.4) is 0 Å². The van der Waals surface area contributed by atoms with E-state index in [1.165, 1.54) is 12.8 Å². The normalized spacial score (nSPS) is 14.2. The third kappa shape index (κ3) is 4.07. The van der Waals surface area contributed by atoms with Crippen molar-refractivity contribution in [3.05, 3.63) is 35.4 Å². The molecule has 2 atom stereocenters. The van der Waals surface area contributed by atoms with Gasteiger partial charge in [0.05, 0.1) is 5.56 Å². The summed E-state index contributed by atoms with van der Waals surface area (Å²) in [6, 6.07) is 7.57. The first kappa shape index (κ1) is 16.7. The zero-order valence-corrected chi connectivity index (χ0v) is 13.1. The van der Waals surface area contributed by atoms with Crippen LogP contribution in [0.4, 0.5) is 0 Å². The molecule has 3 nitrogen and oxygen atoms in total. The van der Waals surface area contributed by atoms with Crippen LogP contribution < -0.4 is 0 Å². The fraction of sp³-hybridized carbons (Fsp3) is 0.588. The molecule has 0 fully saturated rings. The van der Waals surface area contributed by atoms with Crippen molar-refractivity contribution in [3.8, 4) is 0 Å². The van der Waals surface area contributed by atoms with Crippen LogP contribution in [0.15, 0.2) is 24.3 Å². The molecule has 0 saturated heterocycles. The van der Waals surface area contributed by atoms with E-state index in [0.29, 0.717) is 11.5 Å². The highest BCUT2D eigenvalue weighted by molar-refractivity contribution is 5.89. The largest absolute Gasteiger partial charge is 0.478 e. The second-order valence-electron chi connectivity index (χ2n) is 5.61. The van der Waals surface area contributed by atoms with Crippen molar-refractivity contribution in [1.29, 1.82) is 0 Å². The van der Waals surface area contributed by atoms with Gasteiger partial charge in [-0.25, -0.2) is 4.79 Å². The van der Waals surface area contributed by atoms with Crippen molar-refractivity contribution in [2.75, 3.05) is 14.1 Å². The van der Waals surface area contributed by atoms with Crippen LogP contribution in [0.25, 0.3) is 0 Å². The van der Waals surface area contributed by atoms with E-state index in [2.05, 4.69) is 18.7 Å². The lowest BCUT2D eigenvalue weighted by atomic mass is 9.84. The van der Waals surface area contributed by atoms with E-state index in [9.17, 15) is 9.90 Å². The summed E-state index contributed by atoms with van der Waals surface area (Å²) in [7, 11) is 4.08. The molecule has 0 aliphatic rings. The lowest BCUT2D eigenvalue weighted by molar-refractivity contribution is 0.0691. The summed E-state index contributed by atoms with van der Waals surface area (Å²) in [6.45, 7) is 4.39. The summed E-state index contributed by atoms with van der Waals surface area (Å²) < 4.78 is 0. The van der Waals surface area contributed by atoms with E-state index in [4.69, 9.17) is 0 Å². The number of hydrogen-bond acceptors (Lipinski definition) is 2. The predicted octanol–water partition coefficient (Wildman–Crippen LogP) is 4.20. The number of hydrogen-bond donors (Lipinski definition) is 1. The Labute approximate surface area is 122 Å². The molecule has 2 unspecified atom stereocenters. The van der Waals surface area contributed by atoms with Crippen molar-refractivity contribution in [1.82, 2.24) is 4.90 Å². The van der Waals surface area contributed by atoms with E-state index >= 15 is 0 Å². The van der Waals surface area contributed by atoms with Crippen molar-refractivity contribution < 1.29 is 9.90 Å². The van der Waals surface area contributed by atoms with Gasteiger partial charge in [-0.15, -0.1) is 0 Å². The number of carboxylic acid groups (broad SMARTS) is 1. The Morgan fingerprint density at radius 3 is 2.40 bits per heavy atom. The van der Waals surface area contributed by atoms with E-state index in [1.54, 1.807) is 12.1 Å². The lowest BCUT2D eigenvalue weighted by Crippen LogP contribution is -2.29. The summed E-state index contributed by atoms with van der Waals surface area (Å²) in [4.78, 5) is 13.6. The van der Waals surface area contributed by atoms with Gasteiger partial charge >= 0.3 is 5.97 Å². The first-order chi connectivity index (χ1) is 9.52. The predicted molar refractivity (Wildman–Crippen MR) is 83.1 cm³/mol. The highest BCUT2D eigenvalue weighted by Gasteiger charge is 2.27. The molecule has 1 aromatic rings. The van der Waals surface area contributed by atoms with Crippen LogP contribution in [-0.2, 0) is 0 Å². The van der Waals surface area contributed by atoms with Crippen LogP contribution >= 0.6 is 0 Å². The van der Waals surface area contributed by atoms with Gasteiger partial charge in [-0.05, 0) is 38.1 Å². The molecule has 0 aromatic heterocycles. The minimum atomic E-state index is -0.835. The second-order valence-corrected chi connectivity index (χ2v) is 5.61. The number of carboxylic acids is 1. The van der Waals surface area contributed by atoms with Crippen LogP contribution in [0.5, 0.6) is 0 Å². The Hall–Kier alpha value is -1.35. The van der Waals surface area contributed by atoms with Gasteiger partial charge in [-0.3, -0.25) is 0 Å². The molecule has 0 spiro atoms. The van der Waals surface area contributed by atoms with Crippen molar-refractivity contribution >= 4 is 5.97 Å². The minimum absolute atomic E-state index is 0.166. The smallest absolute Gasteiger partial charge is 0.336 e. The third-order valence-electron chi connectivity index (χ3n) is 3.97. The first-order valence-corrected chi connectivity index (χ1v) is 7.51. The standard InChI is InChI=1S/C17H27NO2/c1-5-7-10-13(6-2)16(18(3)4)14-11-8-9-12-15(14)17(19)20/h8-9,11-13,16H,5-7,10H2,1-4H3,(H,19,20). The van der Waals surface area contributed by atoms with Gasteiger partial charge in [0.1, 0.15) is 0 Å². The number of benzene rings is 1. The quantitative estimate of drug-likeness (QED) is 0.774. The van der Waals surface area contributed by atoms with Crippen molar-refractivity contribution in [2.45, 2.75) is 45.6 Å². The maximum atomic E-state index is 11.5. The molecule has 3 heteroatoms. The summed E-state index contributed by atoms with van der Waals surface area (Å²) >= 11 is 0.